The van der Waals surface area contributed by atoms with Gasteiger partial charge in [0.2, 0.25) is 5.91 Å². The van der Waals surface area contributed by atoms with Gasteiger partial charge in [-0.3, -0.25) is 4.79 Å². The molecule has 0 radical (unpaired) electrons. The fourth-order valence-corrected chi connectivity index (χ4v) is 2.11. The van der Waals surface area contributed by atoms with Gasteiger partial charge in [-0.1, -0.05) is 19.1 Å². The molecule has 102 valence electrons. The van der Waals surface area contributed by atoms with Crippen LogP contribution in [-0.4, -0.2) is 17.7 Å². The van der Waals surface area contributed by atoms with Gasteiger partial charge in [0.25, 0.3) is 0 Å². The Morgan fingerprint density at radius 2 is 1.89 bits per heavy atom. The highest BCUT2D eigenvalue weighted by Gasteiger charge is 2.12. The van der Waals surface area contributed by atoms with Crippen LogP contribution < -0.4 is 11.1 Å². The molecule has 3 nitrogen and oxygen atoms in total. The maximum absolute atomic E-state index is 11.5. The highest BCUT2D eigenvalue weighted by molar-refractivity contribution is 7.99. The van der Waals surface area contributed by atoms with Crippen LogP contribution in [0.3, 0.4) is 0 Å². The number of carbonyl (C=O) groups is 1. The van der Waals surface area contributed by atoms with Crippen LogP contribution in [0.4, 0.5) is 0 Å². The second-order valence-corrected chi connectivity index (χ2v) is 5.36. The first-order valence-corrected chi connectivity index (χ1v) is 6.82. The SMILES string of the molecule is CCSc1ccc(C(C)NC(=O)[C@H](C)N)cc1.Cl. The van der Waals surface area contributed by atoms with Gasteiger partial charge >= 0.3 is 0 Å². The third kappa shape index (κ3) is 5.29. The summed E-state index contributed by atoms with van der Waals surface area (Å²) in [4.78, 5) is 12.7. The van der Waals surface area contributed by atoms with E-state index < -0.39 is 6.04 Å². The second kappa shape index (κ2) is 8.40. The minimum atomic E-state index is -0.465. The average Bonchev–Trinajstić information content (AvgIpc) is 2.30. The summed E-state index contributed by atoms with van der Waals surface area (Å²) in [6.45, 7) is 5.77. The van der Waals surface area contributed by atoms with Gasteiger partial charge in [-0.2, -0.15) is 0 Å². The number of amides is 1. The lowest BCUT2D eigenvalue weighted by Gasteiger charge is -2.16. The first kappa shape index (κ1) is 17.3. The Balaban J connectivity index is 0.00000289. The average molecular weight is 289 g/mol. The van der Waals surface area contributed by atoms with E-state index in [0.717, 1.165) is 11.3 Å². The molecule has 1 amide bonds. The smallest absolute Gasteiger partial charge is 0.237 e. The molecule has 0 fully saturated rings. The Bertz CT molecular complexity index is 368. The van der Waals surface area contributed by atoms with Gasteiger partial charge in [0, 0.05) is 4.90 Å². The molecule has 0 saturated heterocycles. The van der Waals surface area contributed by atoms with E-state index in [1.165, 1.54) is 4.90 Å². The zero-order valence-electron chi connectivity index (χ0n) is 11.0. The van der Waals surface area contributed by atoms with Crippen LogP contribution in [0.5, 0.6) is 0 Å². The Hall–Kier alpha value is -0.710. The Morgan fingerprint density at radius 3 is 2.33 bits per heavy atom. The van der Waals surface area contributed by atoms with Crippen molar-refractivity contribution in [3.63, 3.8) is 0 Å². The van der Waals surface area contributed by atoms with Crippen LogP contribution in [0.25, 0.3) is 0 Å². The van der Waals surface area contributed by atoms with Crippen LogP contribution in [0, 0.1) is 0 Å². The first-order valence-electron chi connectivity index (χ1n) is 5.83. The van der Waals surface area contributed by atoms with E-state index in [1.807, 2.05) is 30.8 Å². The predicted octanol–water partition coefficient (Wildman–Crippen LogP) is 2.74. The molecule has 1 aromatic rings. The lowest BCUT2D eigenvalue weighted by atomic mass is 10.1. The predicted molar refractivity (Wildman–Crippen MR) is 80.3 cm³/mol. The number of hydrogen-bond donors (Lipinski definition) is 2. The van der Waals surface area contributed by atoms with Gasteiger partial charge in [-0.25, -0.2) is 0 Å². The van der Waals surface area contributed by atoms with Crippen molar-refractivity contribution in [2.45, 2.75) is 37.8 Å². The van der Waals surface area contributed by atoms with E-state index in [4.69, 9.17) is 5.73 Å². The quantitative estimate of drug-likeness (QED) is 0.819. The molecule has 3 N–H and O–H groups in total. The molecule has 0 aliphatic heterocycles. The molecule has 1 aromatic carbocycles. The summed E-state index contributed by atoms with van der Waals surface area (Å²) in [5, 5.41) is 2.88. The third-order valence-corrected chi connectivity index (χ3v) is 3.36. The molecular formula is C13H21ClN2OS. The molecule has 18 heavy (non-hydrogen) atoms. The zero-order valence-corrected chi connectivity index (χ0v) is 12.6. The Labute approximate surface area is 119 Å². The van der Waals surface area contributed by atoms with Gasteiger partial charge in [-0.15, -0.1) is 24.2 Å². The van der Waals surface area contributed by atoms with Crippen LogP contribution in [0.1, 0.15) is 32.4 Å². The van der Waals surface area contributed by atoms with E-state index in [0.29, 0.717) is 0 Å². The van der Waals surface area contributed by atoms with Crippen molar-refractivity contribution in [2.75, 3.05) is 5.75 Å². The monoisotopic (exact) mass is 288 g/mol. The van der Waals surface area contributed by atoms with Crippen molar-refractivity contribution >= 4 is 30.1 Å². The summed E-state index contributed by atoms with van der Waals surface area (Å²) in [6.07, 6.45) is 0. The first-order chi connectivity index (χ1) is 8.04. The molecule has 0 aromatic heterocycles. The van der Waals surface area contributed by atoms with Crippen molar-refractivity contribution in [2.24, 2.45) is 5.73 Å². The van der Waals surface area contributed by atoms with Gasteiger partial charge in [0.1, 0.15) is 0 Å². The largest absolute Gasteiger partial charge is 0.348 e. The van der Waals surface area contributed by atoms with E-state index in [-0.39, 0.29) is 24.4 Å². The normalized spacial score (nSPS) is 13.3. The molecule has 1 rings (SSSR count). The lowest BCUT2D eigenvalue weighted by Crippen LogP contribution is -2.39. The van der Waals surface area contributed by atoms with E-state index >= 15 is 0 Å². The molecule has 1 unspecified atom stereocenters. The van der Waals surface area contributed by atoms with E-state index in [9.17, 15) is 4.79 Å². The molecular weight excluding hydrogens is 268 g/mol. The summed E-state index contributed by atoms with van der Waals surface area (Å²) in [7, 11) is 0. The maximum atomic E-state index is 11.5. The van der Waals surface area contributed by atoms with Crippen LogP contribution in [0.15, 0.2) is 29.2 Å². The molecule has 0 spiro atoms. The lowest BCUT2D eigenvalue weighted by molar-refractivity contribution is -0.122. The summed E-state index contributed by atoms with van der Waals surface area (Å²) in [6, 6.07) is 7.78. The number of carbonyl (C=O) groups excluding carboxylic acids is 1. The third-order valence-electron chi connectivity index (χ3n) is 2.46. The highest BCUT2D eigenvalue weighted by Crippen LogP contribution is 2.20. The fourth-order valence-electron chi connectivity index (χ4n) is 1.45. The van der Waals surface area contributed by atoms with E-state index in [1.54, 1.807) is 6.92 Å². The van der Waals surface area contributed by atoms with Gasteiger partial charge in [-0.05, 0) is 37.3 Å². The van der Waals surface area contributed by atoms with Crippen LogP contribution >= 0.6 is 24.2 Å². The summed E-state index contributed by atoms with van der Waals surface area (Å²) >= 11 is 1.81. The van der Waals surface area contributed by atoms with E-state index in [2.05, 4.69) is 24.4 Å². The number of nitrogens with one attached hydrogen (secondary N) is 1. The molecule has 2 atom stereocenters. The summed E-state index contributed by atoms with van der Waals surface area (Å²) in [5.41, 5.74) is 6.61. The molecule has 0 saturated carbocycles. The number of nitrogens with two attached hydrogens (primary N) is 1. The highest BCUT2D eigenvalue weighted by atomic mass is 35.5. The zero-order chi connectivity index (χ0) is 12.8. The standard InChI is InChI=1S/C13H20N2OS.ClH/c1-4-17-12-7-5-11(6-8-12)10(3)15-13(16)9(2)14;/h5-10H,4,14H2,1-3H3,(H,15,16);1H/t9-,10?;/m0./s1. The maximum Gasteiger partial charge on any atom is 0.237 e. The summed E-state index contributed by atoms with van der Waals surface area (Å²) < 4.78 is 0. The van der Waals surface area contributed by atoms with Crippen molar-refractivity contribution in [1.29, 1.82) is 0 Å². The Morgan fingerprint density at radius 1 is 1.33 bits per heavy atom. The van der Waals surface area contributed by atoms with Gasteiger partial charge < -0.3 is 11.1 Å². The minimum absolute atomic E-state index is 0. The van der Waals surface area contributed by atoms with Crippen molar-refractivity contribution in [3.8, 4) is 0 Å². The van der Waals surface area contributed by atoms with Crippen LogP contribution in [-0.2, 0) is 4.79 Å². The molecule has 0 aliphatic rings. The van der Waals surface area contributed by atoms with Gasteiger partial charge in [0.05, 0.1) is 12.1 Å². The molecule has 5 heteroatoms. The molecule has 0 aliphatic carbocycles. The number of benzene rings is 1. The van der Waals surface area contributed by atoms with Crippen molar-refractivity contribution in [3.05, 3.63) is 29.8 Å². The van der Waals surface area contributed by atoms with Crippen molar-refractivity contribution < 1.29 is 4.79 Å². The molecule has 0 heterocycles. The topological polar surface area (TPSA) is 55.1 Å². The molecule has 0 bridgehead atoms. The van der Waals surface area contributed by atoms with Crippen molar-refractivity contribution in [1.82, 2.24) is 5.32 Å². The number of rotatable bonds is 5. The summed E-state index contributed by atoms with van der Waals surface area (Å²) in [5.74, 6) is 0.945. The second-order valence-electron chi connectivity index (χ2n) is 4.02. The minimum Gasteiger partial charge on any atom is -0.348 e. The number of thioether (sulfide) groups is 1. The fraction of sp³-hybridized carbons (Fsp3) is 0.462. The Kier molecular flexibility index (Phi) is 8.07. The van der Waals surface area contributed by atoms with Gasteiger partial charge in [0.15, 0.2) is 0 Å². The van der Waals surface area contributed by atoms with Crippen LogP contribution in [0.2, 0.25) is 0 Å². The number of hydrogen-bond acceptors (Lipinski definition) is 3. The number of halogens is 1.